The highest BCUT2D eigenvalue weighted by atomic mass is 32.1. The van der Waals surface area contributed by atoms with Gasteiger partial charge in [-0.05, 0) is 40.4 Å². The van der Waals surface area contributed by atoms with Crippen molar-refractivity contribution >= 4 is 34.5 Å². The van der Waals surface area contributed by atoms with Gasteiger partial charge in [0.15, 0.2) is 0 Å². The zero-order chi connectivity index (χ0) is 20.4. The second-order valence-electron chi connectivity index (χ2n) is 7.67. The summed E-state index contributed by atoms with van der Waals surface area (Å²) in [7, 11) is 0. The van der Waals surface area contributed by atoms with Gasteiger partial charge >= 0.3 is 0 Å². The van der Waals surface area contributed by atoms with E-state index in [1.54, 1.807) is 22.7 Å². The molecule has 1 aliphatic rings. The number of amides is 2. The molecule has 1 N–H and O–H groups in total. The molecule has 150 valence electrons. The predicted molar refractivity (Wildman–Crippen MR) is 118 cm³/mol. The summed E-state index contributed by atoms with van der Waals surface area (Å²) in [6.07, 6.45) is 0. The molecule has 0 fully saturated rings. The lowest BCUT2D eigenvalue weighted by atomic mass is 9.81. The van der Waals surface area contributed by atoms with Gasteiger partial charge in [-0.2, -0.15) is 0 Å². The van der Waals surface area contributed by atoms with Crippen molar-refractivity contribution in [2.24, 2.45) is 5.92 Å². The van der Waals surface area contributed by atoms with Crippen LogP contribution in [0.25, 0.3) is 0 Å². The molecule has 0 radical (unpaired) electrons. The summed E-state index contributed by atoms with van der Waals surface area (Å²) in [5.74, 6) is -0.150. The van der Waals surface area contributed by atoms with Crippen molar-refractivity contribution < 1.29 is 9.59 Å². The Bertz CT molecular complexity index is 980. The van der Waals surface area contributed by atoms with E-state index < -0.39 is 5.92 Å². The molecule has 1 aromatic carbocycles. The highest BCUT2D eigenvalue weighted by Crippen LogP contribution is 2.44. The SMILES string of the molecule is CC(C)CN1C(=O)c2ccccc2[C@H](C(=O)NCc2cccs2)[C@@H]1c1cccs1. The van der Waals surface area contributed by atoms with E-state index in [2.05, 4.69) is 19.2 Å². The molecule has 2 amide bonds. The molecule has 29 heavy (non-hydrogen) atoms. The van der Waals surface area contributed by atoms with Gasteiger partial charge in [-0.1, -0.05) is 44.2 Å². The smallest absolute Gasteiger partial charge is 0.254 e. The van der Waals surface area contributed by atoms with Crippen molar-refractivity contribution in [2.45, 2.75) is 32.4 Å². The Morgan fingerprint density at radius 3 is 2.52 bits per heavy atom. The first-order valence-electron chi connectivity index (χ1n) is 9.79. The van der Waals surface area contributed by atoms with Crippen LogP contribution in [0, 0.1) is 5.92 Å². The van der Waals surface area contributed by atoms with Crippen LogP contribution in [0.2, 0.25) is 0 Å². The molecule has 4 rings (SSSR count). The number of benzene rings is 1. The molecule has 0 saturated heterocycles. The van der Waals surface area contributed by atoms with Gasteiger partial charge in [-0.3, -0.25) is 9.59 Å². The number of nitrogens with one attached hydrogen (secondary N) is 1. The molecule has 0 unspecified atom stereocenters. The van der Waals surface area contributed by atoms with Crippen LogP contribution in [0.5, 0.6) is 0 Å². The minimum Gasteiger partial charge on any atom is -0.351 e. The third-order valence-corrected chi connectivity index (χ3v) is 6.95. The van der Waals surface area contributed by atoms with Gasteiger partial charge in [0.05, 0.1) is 18.5 Å². The summed E-state index contributed by atoms with van der Waals surface area (Å²) in [6, 6.07) is 15.3. The summed E-state index contributed by atoms with van der Waals surface area (Å²) < 4.78 is 0. The van der Waals surface area contributed by atoms with Crippen LogP contribution in [-0.2, 0) is 11.3 Å². The van der Waals surface area contributed by atoms with Crippen molar-refractivity contribution in [1.29, 1.82) is 0 Å². The van der Waals surface area contributed by atoms with Crippen LogP contribution in [-0.4, -0.2) is 23.3 Å². The molecule has 3 heterocycles. The Morgan fingerprint density at radius 2 is 1.83 bits per heavy atom. The average molecular weight is 425 g/mol. The number of hydrogen-bond donors (Lipinski definition) is 1. The maximum absolute atomic E-state index is 13.5. The van der Waals surface area contributed by atoms with E-state index in [9.17, 15) is 9.59 Å². The minimum absolute atomic E-state index is 0.00927. The van der Waals surface area contributed by atoms with Crippen molar-refractivity contribution in [3.05, 3.63) is 80.2 Å². The highest BCUT2D eigenvalue weighted by molar-refractivity contribution is 7.10. The fraction of sp³-hybridized carbons (Fsp3) is 0.304. The zero-order valence-corrected chi connectivity index (χ0v) is 18.1. The number of rotatable bonds is 6. The number of thiophene rings is 2. The van der Waals surface area contributed by atoms with Gasteiger partial charge in [-0.25, -0.2) is 0 Å². The van der Waals surface area contributed by atoms with Gasteiger partial charge in [0.25, 0.3) is 5.91 Å². The van der Waals surface area contributed by atoms with Crippen molar-refractivity contribution in [2.75, 3.05) is 6.54 Å². The van der Waals surface area contributed by atoms with E-state index in [4.69, 9.17) is 0 Å². The molecule has 0 saturated carbocycles. The first-order valence-corrected chi connectivity index (χ1v) is 11.6. The second-order valence-corrected chi connectivity index (χ2v) is 9.69. The molecule has 6 heteroatoms. The molecular formula is C23H24N2O2S2. The van der Waals surface area contributed by atoms with Crippen LogP contribution in [0.3, 0.4) is 0 Å². The van der Waals surface area contributed by atoms with Crippen LogP contribution >= 0.6 is 22.7 Å². The quantitative estimate of drug-likeness (QED) is 0.601. The number of fused-ring (bicyclic) bond motifs is 1. The van der Waals surface area contributed by atoms with Crippen LogP contribution < -0.4 is 5.32 Å². The molecule has 2 aromatic heterocycles. The van der Waals surface area contributed by atoms with Gasteiger partial charge < -0.3 is 10.2 Å². The number of carbonyl (C=O) groups is 2. The summed E-state index contributed by atoms with van der Waals surface area (Å²) in [5, 5.41) is 7.13. The van der Waals surface area contributed by atoms with Crippen LogP contribution in [0.1, 0.15) is 51.5 Å². The van der Waals surface area contributed by atoms with Crippen molar-refractivity contribution in [1.82, 2.24) is 10.2 Å². The van der Waals surface area contributed by atoms with Gasteiger partial charge in [0.2, 0.25) is 5.91 Å². The zero-order valence-electron chi connectivity index (χ0n) is 16.5. The maximum Gasteiger partial charge on any atom is 0.254 e. The topological polar surface area (TPSA) is 49.4 Å². The van der Waals surface area contributed by atoms with E-state index in [1.165, 1.54) is 0 Å². The fourth-order valence-electron chi connectivity index (χ4n) is 3.94. The second kappa shape index (κ2) is 8.51. The van der Waals surface area contributed by atoms with Crippen molar-refractivity contribution in [3.63, 3.8) is 0 Å². The van der Waals surface area contributed by atoms with Crippen LogP contribution in [0.15, 0.2) is 59.3 Å². The third kappa shape index (κ3) is 4.00. The number of hydrogen-bond acceptors (Lipinski definition) is 4. The Hall–Kier alpha value is -2.44. The van der Waals surface area contributed by atoms with E-state index >= 15 is 0 Å². The standard InChI is InChI=1S/C23H24N2O2S2/c1-15(2)14-25-21(19-10-6-12-29-19)20(17-8-3-4-9-18(17)23(25)27)22(26)24-13-16-7-5-11-28-16/h3-12,15,20-21H,13-14H2,1-2H3,(H,24,26)/t20-,21-/m0/s1. The molecule has 4 nitrogen and oxygen atoms in total. The molecule has 0 bridgehead atoms. The molecule has 0 aliphatic carbocycles. The van der Waals surface area contributed by atoms with Gasteiger partial charge in [-0.15, -0.1) is 22.7 Å². The lowest BCUT2D eigenvalue weighted by molar-refractivity contribution is -0.124. The Balaban J connectivity index is 1.76. The predicted octanol–water partition coefficient (Wildman–Crippen LogP) is 5.06. The monoisotopic (exact) mass is 424 g/mol. The normalized spacial score (nSPS) is 18.7. The Morgan fingerprint density at radius 1 is 1.07 bits per heavy atom. The highest BCUT2D eigenvalue weighted by Gasteiger charge is 2.44. The van der Waals surface area contributed by atoms with Gasteiger partial charge in [0, 0.05) is 21.9 Å². The lowest BCUT2D eigenvalue weighted by Crippen LogP contribution is -2.48. The summed E-state index contributed by atoms with van der Waals surface area (Å²) >= 11 is 3.23. The molecule has 3 aromatic rings. The fourth-order valence-corrected chi connectivity index (χ4v) is 5.46. The molecule has 2 atom stereocenters. The number of carbonyl (C=O) groups excluding carboxylic acids is 2. The lowest BCUT2D eigenvalue weighted by Gasteiger charge is -2.42. The first kappa shape index (κ1) is 19.9. The van der Waals surface area contributed by atoms with Crippen LogP contribution in [0.4, 0.5) is 0 Å². The molecular weight excluding hydrogens is 400 g/mol. The van der Waals surface area contributed by atoms with E-state index in [0.717, 1.165) is 15.3 Å². The van der Waals surface area contributed by atoms with E-state index in [1.807, 2.05) is 64.2 Å². The Labute approximate surface area is 179 Å². The van der Waals surface area contributed by atoms with Gasteiger partial charge in [0.1, 0.15) is 0 Å². The summed E-state index contributed by atoms with van der Waals surface area (Å²) in [5.41, 5.74) is 1.46. The maximum atomic E-state index is 13.5. The molecule has 0 spiro atoms. The number of nitrogens with zero attached hydrogens (tertiary/aromatic N) is 1. The largest absolute Gasteiger partial charge is 0.351 e. The summed E-state index contributed by atoms with van der Waals surface area (Å²) in [6.45, 7) is 5.32. The first-order chi connectivity index (χ1) is 14.1. The Kier molecular flexibility index (Phi) is 5.83. The van der Waals surface area contributed by atoms with E-state index in [0.29, 0.717) is 24.6 Å². The third-order valence-electron chi connectivity index (χ3n) is 5.13. The minimum atomic E-state index is -0.429. The van der Waals surface area contributed by atoms with E-state index in [-0.39, 0.29) is 17.9 Å². The summed E-state index contributed by atoms with van der Waals surface area (Å²) in [4.78, 5) is 30.9. The average Bonchev–Trinajstić information content (AvgIpc) is 3.42. The van der Waals surface area contributed by atoms with Crippen molar-refractivity contribution in [3.8, 4) is 0 Å². The molecule has 1 aliphatic heterocycles.